The average Bonchev–Trinajstić information content (AvgIpc) is 3.20. The lowest BCUT2D eigenvalue weighted by Crippen LogP contribution is -2.13. The summed E-state index contributed by atoms with van der Waals surface area (Å²) in [6.45, 7) is 2.05. The predicted molar refractivity (Wildman–Crippen MR) is 121 cm³/mol. The second kappa shape index (κ2) is 11.2. The highest BCUT2D eigenvalue weighted by atomic mass is 32.1. The zero-order valence-corrected chi connectivity index (χ0v) is 17.9. The lowest BCUT2D eigenvalue weighted by molar-refractivity contribution is -0.116. The fourth-order valence-electron chi connectivity index (χ4n) is 2.93. The van der Waals surface area contributed by atoms with E-state index in [0.717, 1.165) is 37.1 Å². The number of hydrogen-bond donors (Lipinski definition) is 2. The molecule has 0 aliphatic carbocycles. The Morgan fingerprint density at radius 3 is 2.40 bits per heavy atom. The van der Waals surface area contributed by atoms with Crippen LogP contribution in [0.5, 0.6) is 0 Å². The quantitative estimate of drug-likeness (QED) is 0.476. The van der Waals surface area contributed by atoms with E-state index in [-0.39, 0.29) is 11.8 Å². The first-order valence-electron chi connectivity index (χ1n) is 10.2. The number of aryl methyl sites for hydroxylation is 2. The van der Waals surface area contributed by atoms with Crippen LogP contribution in [0.15, 0.2) is 54.6 Å². The molecule has 6 nitrogen and oxygen atoms in total. The van der Waals surface area contributed by atoms with Crippen molar-refractivity contribution in [3.05, 3.63) is 70.7 Å². The molecule has 0 aliphatic heterocycles. The van der Waals surface area contributed by atoms with Crippen LogP contribution < -0.4 is 10.6 Å². The number of nitrogens with one attached hydrogen (secondary N) is 2. The maximum Gasteiger partial charge on any atom is 0.257 e. The second-order valence-electron chi connectivity index (χ2n) is 7.02. The van der Waals surface area contributed by atoms with Crippen LogP contribution in [0.3, 0.4) is 0 Å². The third-order valence-electron chi connectivity index (χ3n) is 4.57. The molecule has 2 N–H and O–H groups in total. The molecule has 1 aromatic heterocycles. The number of benzene rings is 2. The molecular weight excluding hydrogens is 396 g/mol. The minimum absolute atomic E-state index is 0.0114. The van der Waals surface area contributed by atoms with Crippen LogP contribution in [0.1, 0.15) is 53.5 Å². The Bertz CT molecular complexity index is 955. The second-order valence-corrected chi connectivity index (χ2v) is 8.09. The van der Waals surface area contributed by atoms with E-state index in [1.54, 1.807) is 24.3 Å². The number of hydrogen-bond acceptors (Lipinski definition) is 5. The first-order valence-corrected chi connectivity index (χ1v) is 11.0. The Labute approximate surface area is 180 Å². The largest absolute Gasteiger partial charge is 0.326 e. The van der Waals surface area contributed by atoms with Gasteiger partial charge in [-0.1, -0.05) is 55.0 Å². The fourth-order valence-corrected chi connectivity index (χ4v) is 3.71. The molecular formula is C23H26N4O2S. The lowest BCUT2D eigenvalue weighted by Gasteiger charge is -2.06. The highest BCUT2D eigenvalue weighted by Crippen LogP contribution is 2.19. The van der Waals surface area contributed by atoms with Crippen LogP contribution >= 0.6 is 11.3 Å². The molecule has 0 bridgehead atoms. The van der Waals surface area contributed by atoms with Crippen LogP contribution in [0.2, 0.25) is 0 Å². The highest BCUT2D eigenvalue weighted by Gasteiger charge is 2.11. The minimum atomic E-state index is -0.245. The number of amides is 2. The van der Waals surface area contributed by atoms with Gasteiger partial charge in [0.25, 0.3) is 5.91 Å². The van der Waals surface area contributed by atoms with Crippen LogP contribution in [-0.4, -0.2) is 22.0 Å². The Morgan fingerprint density at radius 2 is 1.67 bits per heavy atom. The van der Waals surface area contributed by atoms with Crippen molar-refractivity contribution in [2.45, 2.75) is 45.4 Å². The zero-order valence-electron chi connectivity index (χ0n) is 17.1. The van der Waals surface area contributed by atoms with Crippen LogP contribution in [0.4, 0.5) is 10.8 Å². The molecule has 2 amide bonds. The smallest absolute Gasteiger partial charge is 0.257 e. The van der Waals surface area contributed by atoms with Gasteiger partial charge in [0.2, 0.25) is 11.0 Å². The molecule has 3 rings (SSSR count). The Kier molecular flexibility index (Phi) is 8.09. The first kappa shape index (κ1) is 21.6. The molecule has 0 saturated carbocycles. The highest BCUT2D eigenvalue weighted by molar-refractivity contribution is 7.15. The van der Waals surface area contributed by atoms with Gasteiger partial charge in [-0.2, -0.15) is 0 Å². The van der Waals surface area contributed by atoms with Crippen LogP contribution in [0.25, 0.3) is 0 Å². The van der Waals surface area contributed by atoms with Crippen molar-refractivity contribution in [2.24, 2.45) is 0 Å². The number of aromatic nitrogens is 2. The average molecular weight is 423 g/mol. The van der Waals surface area contributed by atoms with Gasteiger partial charge in [-0.15, -0.1) is 10.2 Å². The predicted octanol–water partition coefficient (Wildman–Crippen LogP) is 5.09. The van der Waals surface area contributed by atoms with Gasteiger partial charge in [0.15, 0.2) is 0 Å². The van der Waals surface area contributed by atoms with E-state index < -0.39 is 0 Å². The van der Waals surface area contributed by atoms with Crippen molar-refractivity contribution < 1.29 is 9.59 Å². The third-order valence-corrected chi connectivity index (χ3v) is 5.47. The molecule has 0 fully saturated rings. The summed E-state index contributed by atoms with van der Waals surface area (Å²) < 4.78 is 0. The molecule has 2 aromatic carbocycles. The van der Waals surface area contributed by atoms with Gasteiger partial charge in [-0.3, -0.25) is 14.9 Å². The number of rotatable bonds is 10. The van der Waals surface area contributed by atoms with E-state index in [1.165, 1.54) is 16.9 Å². The standard InChI is InChI=1S/C23H26N4O2S/c1-2-3-11-20(28)24-19-15-13-18(14-16-19)22(29)25-23-27-26-21(30-23)12-7-10-17-8-5-4-6-9-17/h4-6,8-9,13-16H,2-3,7,10-12H2,1H3,(H,24,28)(H,25,27,29). The van der Waals surface area contributed by atoms with E-state index in [0.29, 0.717) is 22.8 Å². The SMILES string of the molecule is CCCCC(=O)Nc1ccc(C(=O)Nc2nnc(CCCc3ccccc3)s2)cc1. The summed E-state index contributed by atoms with van der Waals surface area (Å²) in [5.41, 5.74) is 2.49. The molecule has 0 saturated heterocycles. The van der Waals surface area contributed by atoms with Crippen molar-refractivity contribution in [2.75, 3.05) is 10.6 Å². The molecule has 30 heavy (non-hydrogen) atoms. The molecule has 3 aromatic rings. The lowest BCUT2D eigenvalue weighted by atomic mass is 10.1. The Morgan fingerprint density at radius 1 is 0.900 bits per heavy atom. The van der Waals surface area contributed by atoms with E-state index in [9.17, 15) is 9.59 Å². The van der Waals surface area contributed by atoms with Gasteiger partial charge >= 0.3 is 0 Å². The van der Waals surface area contributed by atoms with Crippen molar-refractivity contribution in [3.63, 3.8) is 0 Å². The van der Waals surface area contributed by atoms with Gasteiger partial charge in [-0.25, -0.2) is 0 Å². The summed E-state index contributed by atoms with van der Waals surface area (Å²) in [5.74, 6) is -0.256. The summed E-state index contributed by atoms with van der Waals surface area (Å²) in [6, 6.07) is 17.2. The molecule has 1 heterocycles. The van der Waals surface area contributed by atoms with Gasteiger partial charge in [-0.05, 0) is 49.1 Å². The molecule has 7 heteroatoms. The zero-order chi connectivity index (χ0) is 21.2. The first-order chi connectivity index (χ1) is 14.6. The summed E-state index contributed by atoms with van der Waals surface area (Å²) >= 11 is 1.40. The topological polar surface area (TPSA) is 84.0 Å². The van der Waals surface area contributed by atoms with E-state index >= 15 is 0 Å². The summed E-state index contributed by atoms with van der Waals surface area (Å²) in [7, 11) is 0. The molecule has 156 valence electrons. The summed E-state index contributed by atoms with van der Waals surface area (Å²) in [4.78, 5) is 24.2. The molecule has 0 aliphatic rings. The number of anilines is 2. The van der Waals surface area contributed by atoms with Crippen molar-refractivity contribution >= 4 is 34.0 Å². The van der Waals surface area contributed by atoms with Crippen LogP contribution in [0, 0.1) is 0 Å². The van der Waals surface area contributed by atoms with Gasteiger partial charge in [0.1, 0.15) is 5.01 Å². The normalized spacial score (nSPS) is 10.6. The van der Waals surface area contributed by atoms with E-state index in [4.69, 9.17) is 0 Å². The molecule has 0 atom stereocenters. The van der Waals surface area contributed by atoms with Crippen molar-refractivity contribution in [3.8, 4) is 0 Å². The fraction of sp³-hybridized carbons (Fsp3) is 0.304. The minimum Gasteiger partial charge on any atom is -0.326 e. The number of nitrogens with zero attached hydrogens (tertiary/aromatic N) is 2. The maximum absolute atomic E-state index is 12.4. The molecule has 0 unspecified atom stereocenters. The monoisotopic (exact) mass is 422 g/mol. The molecule has 0 radical (unpaired) electrons. The van der Waals surface area contributed by atoms with Crippen molar-refractivity contribution in [1.82, 2.24) is 10.2 Å². The van der Waals surface area contributed by atoms with Gasteiger partial charge in [0.05, 0.1) is 0 Å². The third kappa shape index (κ3) is 6.77. The Balaban J connectivity index is 1.47. The summed E-state index contributed by atoms with van der Waals surface area (Å²) in [5, 5.41) is 15.3. The van der Waals surface area contributed by atoms with Gasteiger partial charge in [0, 0.05) is 24.1 Å². The van der Waals surface area contributed by atoms with Gasteiger partial charge < -0.3 is 5.32 Å². The maximum atomic E-state index is 12.4. The molecule has 0 spiro atoms. The van der Waals surface area contributed by atoms with Crippen molar-refractivity contribution in [1.29, 1.82) is 0 Å². The summed E-state index contributed by atoms with van der Waals surface area (Å²) in [6.07, 6.45) is 5.15. The van der Waals surface area contributed by atoms with E-state index in [1.807, 2.05) is 25.1 Å². The van der Waals surface area contributed by atoms with E-state index in [2.05, 4.69) is 33.0 Å². The number of unbranched alkanes of at least 4 members (excludes halogenated alkanes) is 1. The number of carbonyl (C=O) groups is 2. The number of carbonyl (C=O) groups excluding carboxylic acids is 2. The van der Waals surface area contributed by atoms with Crippen LogP contribution in [-0.2, 0) is 17.6 Å². The Hall–Kier alpha value is -3.06.